The van der Waals surface area contributed by atoms with E-state index in [0.717, 1.165) is 25.0 Å². The first-order chi connectivity index (χ1) is 10.0. The van der Waals surface area contributed by atoms with E-state index < -0.39 is 5.60 Å². The van der Waals surface area contributed by atoms with Gasteiger partial charge in [0.05, 0.1) is 5.60 Å². The highest BCUT2D eigenvalue weighted by molar-refractivity contribution is 8.00. The molecule has 1 heterocycles. The number of carbonyl (C=O) groups is 1. The Kier molecular flexibility index (Phi) is 4.35. The van der Waals surface area contributed by atoms with Gasteiger partial charge >= 0.3 is 0 Å². The summed E-state index contributed by atoms with van der Waals surface area (Å²) in [4.78, 5) is 14.9. The molecule has 1 aromatic rings. The second-order valence-electron chi connectivity index (χ2n) is 6.20. The van der Waals surface area contributed by atoms with Crippen LogP contribution in [0.4, 0.5) is 0 Å². The third-order valence-corrected chi connectivity index (χ3v) is 7.17. The topological polar surface area (TPSA) is 49.3 Å². The van der Waals surface area contributed by atoms with E-state index in [-0.39, 0.29) is 17.1 Å². The van der Waals surface area contributed by atoms with Crippen LogP contribution < -0.4 is 5.32 Å². The zero-order chi connectivity index (χ0) is 15.0. The van der Waals surface area contributed by atoms with E-state index in [0.29, 0.717) is 12.5 Å². The molecule has 1 amide bonds. The molecule has 0 spiro atoms. The summed E-state index contributed by atoms with van der Waals surface area (Å²) in [7, 11) is 0. The molecule has 1 aromatic heterocycles. The molecule has 116 valence electrons. The molecule has 3 rings (SSSR count). The fourth-order valence-corrected chi connectivity index (χ4v) is 5.31. The van der Waals surface area contributed by atoms with E-state index in [1.807, 2.05) is 0 Å². The van der Waals surface area contributed by atoms with Gasteiger partial charge in [-0.3, -0.25) is 4.79 Å². The lowest BCUT2D eigenvalue weighted by molar-refractivity contribution is -0.124. The average Bonchev–Trinajstić information content (AvgIpc) is 3.15. The fourth-order valence-electron chi connectivity index (χ4n) is 3.06. The molecule has 2 fully saturated rings. The minimum absolute atomic E-state index is 0.115. The van der Waals surface area contributed by atoms with Gasteiger partial charge in [0, 0.05) is 33.4 Å². The van der Waals surface area contributed by atoms with Crippen molar-refractivity contribution in [3.8, 4) is 0 Å². The van der Waals surface area contributed by atoms with Crippen molar-refractivity contribution in [1.82, 2.24) is 5.32 Å². The molecule has 4 atom stereocenters. The van der Waals surface area contributed by atoms with Gasteiger partial charge in [-0.05, 0) is 44.1 Å². The van der Waals surface area contributed by atoms with Crippen LogP contribution in [0.1, 0.15) is 41.9 Å². The minimum Gasteiger partial charge on any atom is -0.387 e. The molecule has 0 radical (unpaired) electrons. The van der Waals surface area contributed by atoms with E-state index in [9.17, 15) is 9.90 Å². The van der Waals surface area contributed by atoms with Crippen LogP contribution in [0.15, 0.2) is 12.1 Å². The quantitative estimate of drug-likeness (QED) is 0.845. The van der Waals surface area contributed by atoms with Gasteiger partial charge in [-0.2, -0.15) is 11.8 Å². The molecule has 0 unspecified atom stereocenters. The monoisotopic (exact) mass is 325 g/mol. The zero-order valence-electron chi connectivity index (χ0n) is 12.6. The Labute approximate surface area is 134 Å². The largest absolute Gasteiger partial charge is 0.387 e. The molecule has 2 saturated carbocycles. The number of hydrogen-bond donors (Lipinski definition) is 2. The summed E-state index contributed by atoms with van der Waals surface area (Å²) in [6, 6.07) is 4.27. The molecule has 2 aliphatic rings. The molecule has 0 aliphatic heterocycles. The van der Waals surface area contributed by atoms with Crippen molar-refractivity contribution in [3.05, 3.63) is 21.9 Å². The van der Waals surface area contributed by atoms with Crippen LogP contribution in [0.25, 0.3) is 0 Å². The normalized spacial score (nSPS) is 34.3. The van der Waals surface area contributed by atoms with Crippen molar-refractivity contribution in [2.45, 2.75) is 49.9 Å². The van der Waals surface area contributed by atoms with Crippen LogP contribution in [0.5, 0.6) is 0 Å². The molecule has 0 aromatic carbocycles. The standard InChI is InChI=1S/C16H23NO2S2/c1-3-20-14-6-7-16(14,19)9-17-15(18)12-8-11(12)13-5-4-10(2)21-13/h4-5,11-12,14,19H,3,6-9H2,1-2H3,(H,17,18)/t11-,12-,14-,16+/m1/s1. The van der Waals surface area contributed by atoms with Gasteiger partial charge in [0.2, 0.25) is 5.91 Å². The number of rotatable bonds is 6. The van der Waals surface area contributed by atoms with Crippen LogP contribution in [-0.4, -0.2) is 34.2 Å². The second kappa shape index (κ2) is 5.94. The lowest BCUT2D eigenvalue weighted by Gasteiger charge is -2.45. The molecular weight excluding hydrogens is 302 g/mol. The fraction of sp³-hybridized carbons (Fsp3) is 0.688. The van der Waals surface area contributed by atoms with Crippen LogP contribution >= 0.6 is 23.1 Å². The van der Waals surface area contributed by atoms with Gasteiger partial charge in [0.1, 0.15) is 0 Å². The first kappa shape index (κ1) is 15.4. The van der Waals surface area contributed by atoms with Gasteiger partial charge < -0.3 is 10.4 Å². The summed E-state index contributed by atoms with van der Waals surface area (Å²) in [5.74, 6) is 1.65. The number of carbonyl (C=O) groups excluding carboxylic acids is 1. The van der Waals surface area contributed by atoms with Crippen molar-refractivity contribution in [1.29, 1.82) is 0 Å². The zero-order valence-corrected chi connectivity index (χ0v) is 14.2. The maximum Gasteiger partial charge on any atom is 0.223 e. The summed E-state index contributed by atoms with van der Waals surface area (Å²) < 4.78 is 0. The highest BCUT2D eigenvalue weighted by atomic mass is 32.2. The highest BCUT2D eigenvalue weighted by Crippen LogP contribution is 2.50. The molecule has 0 bridgehead atoms. The SMILES string of the molecule is CCS[C@@H]1CC[C@]1(O)CNC(=O)[C@@H]1C[C@H]1c1ccc(C)s1. The molecule has 5 heteroatoms. The highest BCUT2D eigenvalue weighted by Gasteiger charge is 2.48. The van der Waals surface area contributed by atoms with Crippen molar-refractivity contribution in [2.75, 3.05) is 12.3 Å². The third kappa shape index (κ3) is 3.15. The Hall–Kier alpha value is -0.520. The summed E-state index contributed by atoms with van der Waals surface area (Å²) in [5.41, 5.74) is -0.680. The summed E-state index contributed by atoms with van der Waals surface area (Å²) >= 11 is 3.59. The third-order valence-electron chi connectivity index (χ3n) is 4.63. The van der Waals surface area contributed by atoms with Crippen LogP contribution in [0.2, 0.25) is 0 Å². The Balaban J connectivity index is 1.48. The summed E-state index contributed by atoms with van der Waals surface area (Å²) in [5, 5.41) is 13.8. The van der Waals surface area contributed by atoms with Crippen molar-refractivity contribution < 1.29 is 9.90 Å². The number of aryl methyl sites for hydroxylation is 1. The van der Waals surface area contributed by atoms with Crippen molar-refractivity contribution in [3.63, 3.8) is 0 Å². The number of aliphatic hydroxyl groups is 1. The molecule has 2 aliphatic carbocycles. The number of hydrogen-bond acceptors (Lipinski definition) is 4. The van der Waals surface area contributed by atoms with Gasteiger partial charge in [-0.25, -0.2) is 0 Å². The maximum absolute atomic E-state index is 12.2. The number of nitrogens with one attached hydrogen (secondary N) is 1. The van der Waals surface area contributed by atoms with E-state index in [1.165, 1.54) is 9.75 Å². The average molecular weight is 325 g/mol. The Bertz CT molecular complexity index is 530. The van der Waals surface area contributed by atoms with Gasteiger partial charge in [-0.15, -0.1) is 11.3 Å². The summed E-state index contributed by atoms with van der Waals surface area (Å²) in [6.45, 7) is 4.62. The first-order valence-electron chi connectivity index (χ1n) is 7.71. The Morgan fingerprint density at radius 3 is 2.95 bits per heavy atom. The molecule has 3 nitrogen and oxygen atoms in total. The van der Waals surface area contributed by atoms with Gasteiger partial charge in [0.15, 0.2) is 0 Å². The molecule has 21 heavy (non-hydrogen) atoms. The Morgan fingerprint density at radius 2 is 2.38 bits per heavy atom. The first-order valence-corrected chi connectivity index (χ1v) is 9.58. The van der Waals surface area contributed by atoms with E-state index in [2.05, 4.69) is 31.3 Å². The molecule has 2 N–H and O–H groups in total. The van der Waals surface area contributed by atoms with Gasteiger partial charge in [0.25, 0.3) is 0 Å². The van der Waals surface area contributed by atoms with Crippen molar-refractivity contribution >= 4 is 29.0 Å². The van der Waals surface area contributed by atoms with Crippen molar-refractivity contribution in [2.24, 2.45) is 5.92 Å². The second-order valence-corrected chi connectivity index (χ2v) is 9.00. The number of thiophene rings is 1. The smallest absolute Gasteiger partial charge is 0.223 e. The number of thioether (sulfide) groups is 1. The lowest BCUT2D eigenvalue weighted by Crippen LogP contribution is -2.57. The predicted octanol–water partition coefficient (Wildman–Crippen LogP) is 2.92. The van der Waals surface area contributed by atoms with Crippen LogP contribution in [-0.2, 0) is 4.79 Å². The minimum atomic E-state index is -0.680. The summed E-state index contributed by atoms with van der Waals surface area (Å²) in [6.07, 6.45) is 2.83. The number of amides is 1. The van der Waals surface area contributed by atoms with Crippen LogP contribution in [0, 0.1) is 12.8 Å². The maximum atomic E-state index is 12.2. The van der Waals surface area contributed by atoms with E-state index >= 15 is 0 Å². The molecular formula is C16H23NO2S2. The van der Waals surface area contributed by atoms with E-state index in [1.54, 1.807) is 23.1 Å². The predicted molar refractivity (Wildman–Crippen MR) is 89.0 cm³/mol. The molecule has 0 saturated heterocycles. The Morgan fingerprint density at radius 1 is 1.57 bits per heavy atom. The lowest BCUT2D eigenvalue weighted by atomic mass is 9.79. The van der Waals surface area contributed by atoms with Crippen LogP contribution in [0.3, 0.4) is 0 Å². The van der Waals surface area contributed by atoms with E-state index in [4.69, 9.17) is 0 Å². The van der Waals surface area contributed by atoms with Gasteiger partial charge in [-0.1, -0.05) is 6.92 Å².